The first-order valence-corrected chi connectivity index (χ1v) is 7.39. The zero-order valence-electron chi connectivity index (χ0n) is 11.1. The van der Waals surface area contributed by atoms with Crippen LogP contribution in [0.5, 0.6) is 0 Å². The van der Waals surface area contributed by atoms with Gasteiger partial charge in [0.1, 0.15) is 6.23 Å². The number of hydrogen-bond donors (Lipinski definition) is 2. The van der Waals surface area contributed by atoms with E-state index in [-0.39, 0.29) is 11.8 Å². The number of rotatable bonds is 1. The Balaban J connectivity index is 2.05. The van der Waals surface area contributed by atoms with Crippen molar-refractivity contribution in [2.75, 3.05) is 0 Å². The topological polar surface area (TPSA) is 62.2 Å². The van der Waals surface area contributed by atoms with Gasteiger partial charge >= 0.3 is 0 Å². The molecule has 0 radical (unpaired) electrons. The maximum Gasteiger partial charge on any atom is 0.229 e. The lowest BCUT2D eigenvalue weighted by molar-refractivity contribution is -0.128. The molecule has 1 aromatic heterocycles. The van der Waals surface area contributed by atoms with Crippen molar-refractivity contribution in [3.63, 3.8) is 0 Å². The fourth-order valence-corrected chi connectivity index (χ4v) is 3.04. The molecule has 1 fully saturated rings. The van der Waals surface area contributed by atoms with E-state index in [1.165, 1.54) is 0 Å². The van der Waals surface area contributed by atoms with Crippen LogP contribution < -0.4 is 5.32 Å². The molecule has 2 N–H and O–H groups in total. The highest BCUT2D eigenvalue weighted by molar-refractivity contribution is 9.10. The Bertz CT molecular complexity index is 687. The summed E-state index contributed by atoms with van der Waals surface area (Å²) < 4.78 is 0.989. The first-order chi connectivity index (χ1) is 9.54. The van der Waals surface area contributed by atoms with E-state index in [4.69, 9.17) is 0 Å². The summed E-state index contributed by atoms with van der Waals surface area (Å²) >= 11 is 3.44. The van der Waals surface area contributed by atoms with Crippen LogP contribution >= 0.6 is 15.9 Å². The van der Waals surface area contributed by atoms with Gasteiger partial charge in [0.2, 0.25) is 5.91 Å². The third kappa shape index (κ3) is 2.43. The monoisotopic (exact) mass is 334 g/mol. The summed E-state index contributed by atoms with van der Waals surface area (Å²) in [6.07, 6.45) is 0.509. The molecule has 104 valence electrons. The van der Waals surface area contributed by atoms with E-state index in [9.17, 15) is 9.90 Å². The normalized spacial score (nSPS) is 22.9. The molecule has 20 heavy (non-hydrogen) atoms. The minimum Gasteiger partial charge on any atom is -0.374 e. The molecule has 5 heteroatoms. The largest absolute Gasteiger partial charge is 0.374 e. The number of aliphatic hydroxyl groups excluding tert-OH is 1. The van der Waals surface area contributed by atoms with Crippen LogP contribution in [0.25, 0.3) is 10.9 Å². The average molecular weight is 335 g/mol. The fourth-order valence-electron chi connectivity index (χ4n) is 2.69. The van der Waals surface area contributed by atoms with Crippen molar-refractivity contribution in [3.8, 4) is 0 Å². The molecule has 2 atom stereocenters. The van der Waals surface area contributed by atoms with Gasteiger partial charge in [-0.05, 0) is 43.5 Å². The summed E-state index contributed by atoms with van der Waals surface area (Å²) in [4.78, 5) is 16.6. The quantitative estimate of drug-likeness (QED) is 0.842. The predicted molar refractivity (Wildman–Crippen MR) is 80.3 cm³/mol. The number of aromatic nitrogens is 1. The molecular formula is C15H15BrN2O2. The second kappa shape index (κ2) is 5.14. The Morgan fingerprint density at radius 1 is 1.35 bits per heavy atom. The number of pyridine rings is 1. The van der Waals surface area contributed by atoms with E-state index >= 15 is 0 Å². The van der Waals surface area contributed by atoms with Crippen LogP contribution in [0.3, 0.4) is 0 Å². The highest BCUT2D eigenvalue weighted by atomic mass is 79.9. The minimum atomic E-state index is -0.719. The van der Waals surface area contributed by atoms with Crippen LogP contribution in [0.15, 0.2) is 28.7 Å². The number of nitrogens with zero attached hydrogens (tertiary/aromatic N) is 1. The molecule has 1 aliphatic heterocycles. The Morgan fingerprint density at radius 2 is 2.15 bits per heavy atom. The molecule has 1 saturated heterocycles. The Kier molecular flexibility index (Phi) is 3.48. The van der Waals surface area contributed by atoms with Gasteiger partial charge in [-0.15, -0.1) is 0 Å². The van der Waals surface area contributed by atoms with Crippen LogP contribution in [0, 0.1) is 6.92 Å². The van der Waals surface area contributed by atoms with E-state index in [0.717, 1.165) is 26.6 Å². The number of aryl methyl sites for hydroxylation is 1. The third-order valence-electron chi connectivity index (χ3n) is 3.74. The number of benzene rings is 1. The molecule has 2 aromatic rings. The van der Waals surface area contributed by atoms with Crippen molar-refractivity contribution in [1.29, 1.82) is 0 Å². The zero-order valence-corrected chi connectivity index (χ0v) is 12.6. The van der Waals surface area contributed by atoms with E-state index in [2.05, 4.69) is 26.2 Å². The lowest BCUT2D eigenvalue weighted by Gasteiger charge is -2.27. The van der Waals surface area contributed by atoms with Crippen molar-refractivity contribution in [2.24, 2.45) is 0 Å². The first-order valence-electron chi connectivity index (χ1n) is 6.60. The average Bonchev–Trinajstić information content (AvgIpc) is 2.38. The number of nitrogens with one attached hydrogen (secondary N) is 1. The Hall–Kier alpha value is -1.46. The summed E-state index contributed by atoms with van der Waals surface area (Å²) in [5.74, 6) is -0.343. The maximum absolute atomic E-state index is 12.0. The smallest absolute Gasteiger partial charge is 0.229 e. The molecule has 0 aliphatic carbocycles. The SMILES string of the molecule is Cc1nc2cc(Br)ccc2cc1C1CCC(O)NC1=O. The number of fused-ring (bicyclic) bond motifs is 1. The molecule has 1 aromatic carbocycles. The van der Waals surface area contributed by atoms with Crippen molar-refractivity contribution in [1.82, 2.24) is 10.3 Å². The zero-order chi connectivity index (χ0) is 14.3. The molecule has 0 spiro atoms. The van der Waals surface area contributed by atoms with Gasteiger partial charge in [-0.3, -0.25) is 9.78 Å². The molecular weight excluding hydrogens is 320 g/mol. The molecule has 1 aliphatic rings. The standard InChI is InChI=1S/C15H15BrN2O2/c1-8-12(11-4-5-14(19)18-15(11)20)6-9-2-3-10(16)7-13(9)17-8/h2-3,6-7,11,14,19H,4-5H2,1H3,(H,18,20). The lowest BCUT2D eigenvalue weighted by atomic mass is 9.88. The van der Waals surface area contributed by atoms with Gasteiger partial charge < -0.3 is 10.4 Å². The number of carbonyl (C=O) groups is 1. The van der Waals surface area contributed by atoms with Crippen LogP contribution in [0.1, 0.15) is 30.0 Å². The lowest BCUT2D eigenvalue weighted by Crippen LogP contribution is -2.43. The Morgan fingerprint density at radius 3 is 2.90 bits per heavy atom. The molecule has 4 nitrogen and oxygen atoms in total. The van der Waals surface area contributed by atoms with Gasteiger partial charge in [-0.25, -0.2) is 0 Å². The van der Waals surface area contributed by atoms with Crippen LogP contribution in [0.2, 0.25) is 0 Å². The summed E-state index contributed by atoms with van der Waals surface area (Å²) in [6, 6.07) is 7.96. The van der Waals surface area contributed by atoms with Gasteiger partial charge in [0.25, 0.3) is 0 Å². The van der Waals surface area contributed by atoms with Gasteiger partial charge in [0.15, 0.2) is 0 Å². The van der Waals surface area contributed by atoms with Crippen molar-refractivity contribution in [3.05, 3.63) is 40.0 Å². The van der Waals surface area contributed by atoms with Gasteiger partial charge in [-0.1, -0.05) is 22.0 Å². The molecule has 2 unspecified atom stereocenters. The van der Waals surface area contributed by atoms with Crippen molar-refractivity contribution < 1.29 is 9.90 Å². The van der Waals surface area contributed by atoms with Crippen LogP contribution in [-0.4, -0.2) is 22.2 Å². The van der Waals surface area contributed by atoms with Crippen molar-refractivity contribution >= 4 is 32.7 Å². The third-order valence-corrected chi connectivity index (χ3v) is 4.23. The number of piperidine rings is 1. The summed E-state index contributed by atoms with van der Waals surface area (Å²) in [6.45, 7) is 1.92. The maximum atomic E-state index is 12.0. The number of amides is 1. The van der Waals surface area contributed by atoms with E-state index in [1.54, 1.807) is 0 Å². The van der Waals surface area contributed by atoms with Gasteiger partial charge in [-0.2, -0.15) is 0 Å². The molecule has 0 saturated carbocycles. The van der Waals surface area contributed by atoms with E-state index < -0.39 is 6.23 Å². The second-order valence-corrected chi connectivity index (χ2v) is 6.07. The second-order valence-electron chi connectivity index (χ2n) is 5.15. The number of halogens is 1. The summed E-state index contributed by atoms with van der Waals surface area (Å²) in [5.41, 5.74) is 2.73. The van der Waals surface area contributed by atoms with E-state index in [1.807, 2.05) is 31.2 Å². The van der Waals surface area contributed by atoms with Crippen molar-refractivity contribution in [2.45, 2.75) is 31.9 Å². The number of carbonyl (C=O) groups excluding carboxylic acids is 1. The number of hydrogen-bond acceptors (Lipinski definition) is 3. The highest BCUT2D eigenvalue weighted by Gasteiger charge is 2.29. The molecule has 1 amide bonds. The highest BCUT2D eigenvalue weighted by Crippen LogP contribution is 2.30. The Labute approximate surface area is 125 Å². The summed E-state index contributed by atoms with van der Waals surface area (Å²) in [7, 11) is 0. The minimum absolute atomic E-state index is 0.120. The molecule has 0 bridgehead atoms. The first kappa shape index (κ1) is 13.5. The van der Waals surface area contributed by atoms with Gasteiger partial charge in [0.05, 0.1) is 11.4 Å². The molecule has 2 heterocycles. The fraction of sp³-hybridized carbons (Fsp3) is 0.333. The van der Waals surface area contributed by atoms with Crippen LogP contribution in [0.4, 0.5) is 0 Å². The molecule has 3 rings (SSSR count). The van der Waals surface area contributed by atoms with Gasteiger partial charge in [0, 0.05) is 15.6 Å². The van der Waals surface area contributed by atoms with E-state index in [0.29, 0.717) is 12.8 Å². The number of aliphatic hydroxyl groups is 1. The van der Waals surface area contributed by atoms with Crippen LogP contribution in [-0.2, 0) is 4.79 Å². The summed E-state index contributed by atoms with van der Waals surface area (Å²) in [5, 5.41) is 13.1. The predicted octanol–water partition coefficient (Wildman–Crippen LogP) is 2.62.